The minimum Gasteiger partial charge on any atom is -0.362 e. The van der Waals surface area contributed by atoms with Gasteiger partial charge >= 0.3 is 0 Å². The van der Waals surface area contributed by atoms with Gasteiger partial charge in [-0.15, -0.1) is 0 Å². The van der Waals surface area contributed by atoms with E-state index in [1.54, 1.807) is 19.0 Å². The molecule has 6 nitrogen and oxygen atoms in total. The molecule has 94 valence electrons. The van der Waals surface area contributed by atoms with Crippen LogP contribution < -0.4 is 10.6 Å². The normalized spacial score (nSPS) is 9.82. The number of guanidine groups is 2. The van der Waals surface area contributed by atoms with Crippen LogP contribution in [0, 0.1) is 17.7 Å². The summed E-state index contributed by atoms with van der Waals surface area (Å²) >= 11 is 0. The van der Waals surface area contributed by atoms with E-state index in [1.165, 1.54) is 0 Å². The Hall–Kier alpha value is -1.98. The molecule has 6 heteroatoms. The Bertz CT molecular complexity index is 392. The van der Waals surface area contributed by atoms with Crippen molar-refractivity contribution in [1.29, 1.82) is 10.8 Å². The molecule has 1 aromatic heterocycles. The number of nitrogens with zero attached hydrogens (tertiary/aromatic N) is 1. The molecule has 0 amide bonds. The van der Waals surface area contributed by atoms with Crippen molar-refractivity contribution in [1.82, 2.24) is 20.5 Å². The summed E-state index contributed by atoms with van der Waals surface area (Å²) in [6, 6.07) is 4.07. The number of aromatic amines is 1. The lowest BCUT2D eigenvalue weighted by atomic mass is 10.3. The van der Waals surface area contributed by atoms with E-state index in [-0.39, 0.29) is 11.9 Å². The maximum Gasteiger partial charge on any atom is 0.197 e. The van der Waals surface area contributed by atoms with Gasteiger partial charge in [-0.25, -0.2) is 0 Å². The van der Waals surface area contributed by atoms with Crippen molar-refractivity contribution < 1.29 is 0 Å². The predicted molar refractivity (Wildman–Crippen MR) is 69.5 cm³/mol. The van der Waals surface area contributed by atoms with Gasteiger partial charge in [0, 0.05) is 38.4 Å². The van der Waals surface area contributed by atoms with Crippen molar-refractivity contribution in [3.8, 4) is 0 Å². The van der Waals surface area contributed by atoms with Gasteiger partial charge in [-0.1, -0.05) is 0 Å². The highest BCUT2D eigenvalue weighted by Crippen LogP contribution is 1.99. The number of nitrogens with one attached hydrogen (secondary N) is 5. The largest absolute Gasteiger partial charge is 0.362 e. The maximum atomic E-state index is 7.58. The molecule has 5 N–H and O–H groups in total. The average Bonchev–Trinajstić information content (AvgIpc) is 2.64. The van der Waals surface area contributed by atoms with Gasteiger partial charge in [0.25, 0.3) is 0 Å². The fourth-order valence-electron chi connectivity index (χ4n) is 1.30. The van der Waals surface area contributed by atoms with Crippen LogP contribution in [-0.2, 0) is 6.42 Å². The van der Waals surface area contributed by atoms with Crippen LogP contribution in [0.4, 0.5) is 0 Å². The van der Waals surface area contributed by atoms with Crippen molar-refractivity contribution in [3.05, 3.63) is 23.5 Å². The number of rotatable bonds is 3. The molecular weight excluding hydrogens is 216 g/mol. The van der Waals surface area contributed by atoms with E-state index in [9.17, 15) is 0 Å². The number of hydrogen-bond donors (Lipinski definition) is 5. The standard InChI is InChI=1S/C11H20N6/c1-8-4-5-9(15-8)6-7-14-10(12)16-11(13)17(2)3/h4-5,15H,6-7H2,1-3H3,(H4,12,13,14,16). The lowest BCUT2D eigenvalue weighted by Gasteiger charge is -2.16. The Balaban J connectivity index is 2.23. The van der Waals surface area contributed by atoms with Crippen LogP contribution in [0.5, 0.6) is 0 Å². The van der Waals surface area contributed by atoms with Crippen molar-refractivity contribution in [2.75, 3.05) is 20.6 Å². The lowest BCUT2D eigenvalue weighted by molar-refractivity contribution is 0.597. The van der Waals surface area contributed by atoms with Gasteiger partial charge in [0.15, 0.2) is 11.9 Å². The summed E-state index contributed by atoms with van der Waals surface area (Å²) < 4.78 is 0. The summed E-state index contributed by atoms with van der Waals surface area (Å²) in [4.78, 5) is 4.83. The van der Waals surface area contributed by atoms with Crippen LogP contribution in [0.15, 0.2) is 12.1 Å². The molecule has 1 rings (SSSR count). The van der Waals surface area contributed by atoms with E-state index >= 15 is 0 Å². The molecule has 0 saturated heterocycles. The average molecular weight is 236 g/mol. The van der Waals surface area contributed by atoms with Crippen LogP contribution in [0.3, 0.4) is 0 Å². The Morgan fingerprint density at radius 2 is 2.06 bits per heavy atom. The first-order valence-electron chi connectivity index (χ1n) is 5.49. The molecule has 1 aromatic rings. The highest BCUT2D eigenvalue weighted by molar-refractivity contribution is 5.95. The summed E-state index contributed by atoms with van der Waals surface area (Å²) in [7, 11) is 3.51. The molecule has 0 atom stereocenters. The van der Waals surface area contributed by atoms with Crippen molar-refractivity contribution in [3.63, 3.8) is 0 Å². The smallest absolute Gasteiger partial charge is 0.197 e. The number of H-pyrrole nitrogens is 1. The topological polar surface area (TPSA) is 90.8 Å². The van der Waals surface area contributed by atoms with E-state index < -0.39 is 0 Å². The van der Waals surface area contributed by atoms with Gasteiger partial charge in [0.05, 0.1) is 0 Å². The molecule has 0 radical (unpaired) electrons. The van der Waals surface area contributed by atoms with Crippen molar-refractivity contribution in [2.24, 2.45) is 0 Å². The van der Waals surface area contributed by atoms with Crippen molar-refractivity contribution in [2.45, 2.75) is 13.3 Å². The minimum absolute atomic E-state index is 0.145. The molecule has 17 heavy (non-hydrogen) atoms. The summed E-state index contributed by atoms with van der Waals surface area (Å²) in [5.41, 5.74) is 2.29. The van der Waals surface area contributed by atoms with Crippen LogP contribution in [0.1, 0.15) is 11.4 Å². The fourth-order valence-corrected chi connectivity index (χ4v) is 1.30. The Morgan fingerprint density at radius 1 is 1.35 bits per heavy atom. The molecule has 0 bridgehead atoms. The predicted octanol–water partition coefficient (Wildman–Crippen LogP) is 0.476. The number of aryl methyl sites for hydroxylation is 1. The van der Waals surface area contributed by atoms with Crippen LogP contribution in [0.2, 0.25) is 0 Å². The molecule has 0 spiro atoms. The quantitative estimate of drug-likeness (QED) is 0.390. The highest BCUT2D eigenvalue weighted by Gasteiger charge is 2.02. The van der Waals surface area contributed by atoms with Crippen LogP contribution in [-0.4, -0.2) is 42.4 Å². The minimum atomic E-state index is 0.145. The third kappa shape index (κ3) is 4.58. The first-order chi connectivity index (χ1) is 7.99. The third-order valence-electron chi connectivity index (χ3n) is 2.28. The van der Waals surface area contributed by atoms with Crippen molar-refractivity contribution >= 4 is 11.9 Å². The van der Waals surface area contributed by atoms with E-state index in [0.29, 0.717) is 6.54 Å². The second kappa shape index (κ2) is 5.93. The molecule has 0 aromatic carbocycles. The molecule has 0 aliphatic heterocycles. The Labute approximate surface area is 101 Å². The van der Waals surface area contributed by atoms with Gasteiger partial charge in [-0.05, 0) is 19.1 Å². The number of aromatic nitrogens is 1. The van der Waals surface area contributed by atoms with E-state index in [1.807, 2.05) is 19.1 Å². The zero-order chi connectivity index (χ0) is 12.8. The molecule has 1 heterocycles. The third-order valence-corrected chi connectivity index (χ3v) is 2.28. The van der Waals surface area contributed by atoms with Crippen LogP contribution in [0.25, 0.3) is 0 Å². The first kappa shape index (κ1) is 13.1. The zero-order valence-electron chi connectivity index (χ0n) is 10.5. The Kier molecular flexibility index (Phi) is 4.56. The van der Waals surface area contributed by atoms with Gasteiger partial charge in [0.1, 0.15) is 0 Å². The summed E-state index contributed by atoms with van der Waals surface area (Å²) in [6.07, 6.45) is 0.827. The zero-order valence-corrected chi connectivity index (χ0v) is 10.5. The molecule has 0 saturated carbocycles. The fraction of sp³-hybridized carbons (Fsp3) is 0.455. The molecular formula is C11H20N6. The van der Waals surface area contributed by atoms with E-state index in [0.717, 1.165) is 17.8 Å². The molecule has 0 fully saturated rings. The van der Waals surface area contributed by atoms with Gasteiger partial charge < -0.3 is 15.2 Å². The number of hydrogen-bond acceptors (Lipinski definition) is 2. The Morgan fingerprint density at radius 3 is 2.59 bits per heavy atom. The van der Waals surface area contributed by atoms with Gasteiger partial charge in [-0.3, -0.25) is 16.1 Å². The van der Waals surface area contributed by atoms with E-state index in [4.69, 9.17) is 10.8 Å². The molecule has 0 aliphatic rings. The SMILES string of the molecule is Cc1ccc(CCNC(=N)NC(=N)N(C)C)[nH]1. The first-order valence-corrected chi connectivity index (χ1v) is 5.49. The van der Waals surface area contributed by atoms with Gasteiger partial charge in [0.2, 0.25) is 0 Å². The van der Waals surface area contributed by atoms with E-state index in [2.05, 4.69) is 15.6 Å². The lowest BCUT2D eigenvalue weighted by Crippen LogP contribution is -2.45. The second-order valence-corrected chi connectivity index (χ2v) is 4.09. The second-order valence-electron chi connectivity index (χ2n) is 4.09. The van der Waals surface area contributed by atoms with Gasteiger partial charge in [-0.2, -0.15) is 0 Å². The summed E-state index contributed by atoms with van der Waals surface area (Å²) in [5, 5.41) is 20.6. The molecule has 0 unspecified atom stereocenters. The monoisotopic (exact) mass is 236 g/mol. The summed E-state index contributed by atoms with van der Waals surface area (Å²) in [6.45, 7) is 2.67. The maximum absolute atomic E-state index is 7.58. The highest BCUT2D eigenvalue weighted by atomic mass is 15.3. The summed E-state index contributed by atoms with van der Waals surface area (Å²) in [5.74, 6) is 0.338. The molecule has 0 aliphatic carbocycles. The van der Waals surface area contributed by atoms with Crippen LogP contribution >= 0.6 is 0 Å².